The Labute approximate surface area is 61.4 Å². The summed E-state index contributed by atoms with van der Waals surface area (Å²) >= 11 is 0. The maximum absolute atomic E-state index is 5.18. The first kappa shape index (κ1) is 7.32. The van der Waals surface area contributed by atoms with Crippen molar-refractivity contribution in [1.29, 1.82) is 0 Å². The zero-order chi connectivity index (χ0) is 7.40. The van der Waals surface area contributed by atoms with Crippen molar-refractivity contribution < 1.29 is 9.26 Å². The molecule has 0 aliphatic carbocycles. The first-order valence-corrected chi connectivity index (χ1v) is 3.79. The van der Waals surface area contributed by atoms with Crippen molar-refractivity contribution >= 4 is 0 Å². The fourth-order valence-electron chi connectivity index (χ4n) is 0.899. The van der Waals surface area contributed by atoms with E-state index in [0.29, 0.717) is 0 Å². The third-order valence-electron chi connectivity index (χ3n) is 1.61. The zero-order valence-corrected chi connectivity index (χ0v) is 6.63. The summed E-state index contributed by atoms with van der Waals surface area (Å²) in [6.07, 6.45) is 4.14. The molecule has 0 N–H and O–H groups in total. The Hall–Kier alpha value is -0.790. The van der Waals surface area contributed by atoms with Gasteiger partial charge in [-0.15, -0.1) is 0 Å². The monoisotopic (exact) mass is 140 g/mol. The Morgan fingerprint density at radius 3 is 2.90 bits per heavy atom. The number of hydrogen-bond acceptors (Lipinski definition) is 1. The Bertz CT molecular complexity index is 193. The van der Waals surface area contributed by atoms with Gasteiger partial charge in [-0.25, -0.2) is 4.52 Å². The molecule has 56 valence electrons. The maximum Gasteiger partial charge on any atom is 0.228 e. The molecule has 1 heterocycles. The highest BCUT2D eigenvalue weighted by molar-refractivity contribution is 4.83. The first-order chi connectivity index (χ1) is 4.84. The van der Waals surface area contributed by atoms with Gasteiger partial charge in [-0.3, -0.25) is 0 Å². The van der Waals surface area contributed by atoms with E-state index in [1.54, 1.807) is 6.26 Å². The second-order valence-electron chi connectivity index (χ2n) is 2.51. The third-order valence-corrected chi connectivity index (χ3v) is 1.61. The standard InChI is InChI=1S/C8H14NO/c1-3-4-6-9-8(2)5-7-10-9/h5,7H,3-4,6H2,1-2H3/q+1. The first-order valence-electron chi connectivity index (χ1n) is 3.79. The number of unbranched alkanes of at least 4 members (excludes halogenated alkanes) is 1. The van der Waals surface area contributed by atoms with Crippen molar-refractivity contribution in [3.63, 3.8) is 0 Å². The van der Waals surface area contributed by atoms with Gasteiger partial charge in [0.25, 0.3) is 0 Å². The minimum absolute atomic E-state index is 1.01. The molecule has 1 rings (SSSR count). The predicted molar refractivity (Wildman–Crippen MR) is 38.5 cm³/mol. The van der Waals surface area contributed by atoms with Crippen LogP contribution in [0.15, 0.2) is 16.9 Å². The normalized spacial score (nSPS) is 10.2. The summed E-state index contributed by atoms with van der Waals surface area (Å²) < 4.78 is 7.10. The van der Waals surface area contributed by atoms with Gasteiger partial charge in [0.05, 0.1) is 6.07 Å². The van der Waals surface area contributed by atoms with Crippen molar-refractivity contribution in [3.05, 3.63) is 18.0 Å². The lowest BCUT2D eigenvalue weighted by Gasteiger charge is -1.87. The summed E-state index contributed by atoms with van der Waals surface area (Å²) in [4.78, 5) is 0. The fraction of sp³-hybridized carbons (Fsp3) is 0.625. The van der Waals surface area contributed by atoms with Gasteiger partial charge < -0.3 is 0 Å². The molecule has 0 aliphatic heterocycles. The highest BCUT2D eigenvalue weighted by Gasteiger charge is 2.06. The van der Waals surface area contributed by atoms with Crippen LogP contribution in [-0.2, 0) is 6.54 Å². The van der Waals surface area contributed by atoms with E-state index in [1.807, 2.05) is 10.8 Å². The number of aromatic nitrogens is 1. The molecule has 0 radical (unpaired) electrons. The van der Waals surface area contributed by atoms with Gasteiger partial charge in [0.15, 0.2) is 12.8 Å². The molecule has 1 aromatic heterocycles. The molecular weight excluding hydrogens is 126 g/mol. The van der Waals surface area contributed by atoms with Crippen molar-refractivity contribution in [1.82, 2.24) is 0 Å². The topological polar surface area (TPSA) is 17.0 Å². The Balaban J connectivity index is 2.49. The average molecular weight is 140 g/mol. The molecule has 0 aliphatic rings. The van der Waals surface area contributed by atoms with Crippen LogP contribution < -0.4 is 4.74 Å². The van der Waals surface area contributed by atoms with E-state index in [1.165, 1.54) is 18.5 Å². The average Bonchev–Trinajstić information content (AvgIpc) is 2.31. The van der Waals surface area contributed by atoms with Crippen molar-refractivity contribution in [3.8, 4) is 0 Å². The summed E-state index contributed by atoms with van der Waals surface area (Å²) in [6, 6.07) is 1.98. The van der Waals surface area contributed by atoms with Crippen LogP contribution in [-0.4, -0.2) is 0 Å². The van der Waals surface area contributed by atoms with E-state index in [-0.39, 0.29) is 0 Å². The van der Waals surface area contributed by atoms with Gasteiger partial charge >= 0.3 is 0 Å². The van der Waals surface area contributed by atoms with E-state index in [9.17, 15) is 0 Å². The number of rotatable bonds is 3. The van der Waals surface area contributed by atoms with Crippen LogP contribution in [0.25, 0.3) is 0 Å². The van der Waals surface area contributed by atoms with Crippen LogP contribution in [0.3, 0.4) is 0 Å². The van der Waals surface area contributed by atoms with Crippen LogP contribution >= 0.6 is 0 Å². The molecule has 0 atom stereocenters. The summed E-state index contributed by atoms with van der Waals surface area (Å²) in [6.45, 7) is 5.24. The maximum atomic E-state index is 5.18. The lowest BCUT2D eigenvalue weighted by molar-refractivity contribution is -0.868. The number of aryl methyl sites for hydroxylation is 2. The molecule has 0 saturated carbocycles. The molecule has 1 aromatic rings. The van der Waals surface area contributed by atoms with Gasteiger partial charge in [0.2, 0.25) is 5.69 Å². The van der Waals surface area contributed by atoms with Gasteiger partial charge in [-0.1, -0.05) is 6.92 Å². The van der Waals surface area contributed by atoms with Crippen LogP contribution in [0.1, 0.15) is 25.5 Å². The van der Waals surface area contributed by atoms with Crippen molar-refractivity contribution in [2.24, 2.45) is 0 Å². The third kappa shape index (κ3) is 1.59. The molecule has 0 unspecified atom stereocenters. The van der Waals surface area contributed by atoms with E-state index in [4.69, 9.17) is 4.52 Å². The summed E-state index contributed by atoms with van der Waals surface area (Å²) in [7, 11) is 0. The van der Waals surface area contributed by atoms with E-state index >= 15 is 0 Å². The highest BCUT2D eigenvalue weighted by Crippen LogP contribution is 1.91. The second kappa shape index (κ2) is 3.40. The molecule has 0 aromatic carbocycles. The highest BCUT2D eigenvalue weighted by atomic mass is 16.5. The van der Waals surface area contributed by atoms with Gasteiger partial charge in [-0.05, 0) is 11.2 Å². The van der Waals surface area contributed by atoms with Crippen LogP contribution in [0.2, 0.25) is 0 Å². The molecule has 0 amide bonds. The molecule has 0 bridgehead atoms. The lowest BCUT2D eigenvalue weighted by Crippen LogP contribution is -2.33. The van der Waals surface area contributed by atoms with Crippen LogP contribution in [0.4, 0.5) is 0 Å². The van der Waals surface area contributed by atoms with Crippen molar-refractivity contribution in [2.75, 3.05) is 0 Å². The van der Waals surface area contributed by atoms with Gasteiger partial charge in [-0.2, -0.15) is 0 Å². The van der Waals surface area contributed by atoms with E-state index in [2.05, 4.69) is 13.8 Å². The zero-order valence-electron chi connectivity index (χ0n) is 6.63. The summed E-state index contributed by atoms with van der Waals surface area (Å²) in [5.41, 5.74) is 1.20. The van der Waals surface area contributed by atoms with Crippen LogP contribution in [0.5, 0.6) is 0 Å². The van der Waals surface area contributed by atoms with Gasteiger partial charge in [0.1, 0.15) is 0 Å². The molecule has 0 fully saturated rings. The minimum atomic E-state index is 1.01. The Morgan fingerprint density at radius 1 is 1.60 bits per heavy atom. The smallest absolute Gasteiger partial charge is 0.228 e. The minimum Gasteiger partial charge on any atom is -0.245 e. The molecular formula is C8H14NO+. The molecule has 10 heavy (non-hydrogen) atoms. The Morgan fingerprint density at radius 2 is 2.40 bits per heavy atom. The fourth-order valence-corrected chi connectivity index (χ4v) is 0.899. The van der Waals surface area contributed by atoms with E-state index < -0.39 is 0 Å². The second-order valence-corrected chi connectivity index (χ2v) is 2.51. The number of hydrogen-bond donors (Lipinski definition) is 0. The SMILES string of the molecule is CCCC[n+]1occc1C. The molecule has 2 nitrogen and oxygen atoms in total. The predicted octanol–water partition coefficient (Wildman–Crippen LogP) is 1.68. The van der Waals surface area contributed by atoms with Crippen molar-refractivity contribution in [2.45, 2.75) is 33.2 Å². The lowest BCUT2D eigenvalue weighted by atomic mass is 10.3. The van der Waals surface area contributed by atoms with Gasteiger partial charge in [0, 0.05) is 13.3 Å². The molecule has 2 heteroatoms. The summed E-state index contributed by atoms with van der Waals surface area (Å²) in [5.74, 6) is 0. The quantitative estimate of drug-likeness (QED) is 0.584. The number of nitrogens with zero attached hydrogens (tertiary/aromatic N) is 1. The summed E-state index contributed by atoms with van der Waals surface area (Å²) in [5, 5.41) is 0. The van der Waals surface area contributed by atoms with E-state index in [0.717, 1.165) is 6.54 Å². The molecule has 0 spiro atoms. The van der Waals surface area contributed by atoms with Crippen LogP contribution in [0, 0.1) is 6.92 Å². The Kier molecular flexibility index (Phi) is 2.49. The molecule has 0 saturated heterocycles. The largest absolute Gasteiger partial charge is 0.245 e.